The summed E-state index contributed by atoms with van der Waals surface area (Å²) in [6.07, 6.45) is 4.22. The molecule has 4 aliphatic rings. The summed E-state index contributed by atoms with van der Waals surface area (Å²) in [6, 6.07) is 0. The Morgan fingerprint density at radius 2 is 1.68 bits per heavy atom. The largest absolute Gasteiger partial charge is 0.396 e. The van der Waals surface area contributed by atoms with Gasteiger partial charge in [-0.15, -0.1) is 0 Å². The summed E-state index contributed by atoms with van der Waals surface area (Å²) in [7, 11) is 0. The molecule has 0 saturated heterocycles. The molecular formula is C20H34O5. The summed E-state index contributed by atoms with van der Waals surface area (Å²) >= 11 is 0. The van der Waals surface area contributed by atoms with Crippen LogP contribution in [0.2, 0.25) is 0 Å². The zero-order valence-electron chi connectivity index (χ0n) is 15.5. The monoisotopic (exact) mass is 354 g/mol. The molecule has 144 valence electrons. The Hall–Kier alpha value is -0.200. The fraction of sp³-hybridized carbons (Fsp3) is 1.00. The molecular weight excluding hydrogens is 320 g/mol. The Balaban J connectivity index is 1.79. The summed E-state index contributed by atoms with van der Waals surface area (Å²) in [6.45, 7) is 4.01. The van der Waals surface area contributed by atoms with Gasteiger partial charge in [0.05, 0.1) is 31.0 Å². The quantitative estimate of drug-likeness (QED) is 0.510. The molecule has 4 fully saturated rings. The SMILES string of the molecule is C[C@@]1(CO)[C@H](O)CC[C@@]2(C)[C@H]1C[C@H](O)[C@H]1C[C@@H]3C[C@@]12CC[C@]3(O)CO. The van der Waals surface area contributed by atoms with Gasteiger partial charge in [0, 0.05) is 5.41 Å². The second kappa shape index (κ2) is 5.41. The van der Waals surface area contributed by atoms with E-state index in [1.807, 2.05) is 6.92 Å². The Morgan fingerprint density at radius 3 is 2.32 bits per heavy atom. The van der Waals surface area contributed by atoms with Crippen LogP contribution in [-0.2, 0) is 0 Å². The van der Waals surface area contributed by atoms with Crippen LogP contribution in [0.5, 0.6) is 0 Å². The van der Waals surface area contributed by atoms with Crippen molar-refractivity contribution in [1.82, 2.24) is 0 Å². The first-order chi connectivity index (χ1) is 11.7. The van der Waals surface area contributed by atoms with Gasteiger partial charge in [-0.25, -0.2) is 0 Å². The van der Waals surface area contributed by atoms with Gasteiger partial charge in [-0.05, 0) is 73.5 Å². The molecule has 0 aliphatic heterocycles. The molecule has 25 heavy (non-hydrogen) atoms. The minimum atomic E-state index is -1.01. The van der Waals surface area contributed by atoms with E-state index in [4.69, 9.17) is 0 Å². The highest BCUT2D eigenvalue weighted by Gasteiger charge is 2.72. The smallest absolute Gasteiger partial charge is 0.0905 e. The highest BCUT2D eigenvalue weighted by Crippen LogP contribution is 2.75. The molecule has 0 unspecified atom stereocenters. The Morgan fingerprint density at radius 1 is 0.960 bits per heavy atom. The van der Waals surface area contributed by atoms with E-state index < -0.39 is 23.2 Å². The third kappa shape index (κ3) is 2.02. The first kappa shape index (κ1) is 18.2. The van der Waals surface area contributed by atoms with Crippen molar-refractivity contribution in [3.8, 4) is 0 Å². The van der Waals surface area contributed by atoms with Crippen LogP contribution < -0.4 is 0 Å². The van der Waals surface area contributed by atoms with E-state index in [2.05, 4.69) is 6.92 Å². The van der Waals surface area contributed by atoms with E-state index in [-0.39, 0.29) is 41.8 Å². The summed E-state index contributed by atoms with van der Waals surface area (Å²) in [5, 5.41) is 52.4. The van der Waals surface area contributed by atoms with Crippen molar-refractivity contribution in [3.63, 3.8) is 0 Å². The molecule has 1 spiro atoms. The van der Waals surface area contributed by atoms with E-state index >= 15 is 0 Å². The van der Waals surface area contributed by atoms with Gasteiger partial charge in [-0.3, -0.25) is 0 Å². The topological polar surface area (TPSA) is 101 Å². The van der Waals surface area contributed by atoms with Gasteiger partial charge in [0.15, 0.2) is 0 Å². The normalized spacial score (nSPS) is 60.8. The minimum Gasteiger partial charge on any atom is -0.396 e. The Bertz CT molecular complexity index is 554. The molecule has 4 rings (SSSR count). The van der Waals surface area contributed by atoms with Crippen LogP contribution >= 0.6 is 0 Å². The van der Waals surface area contributed by atoms with E-state index in [1.165, 1.54) is 0 Å². The van der Waals surface area contributed by atoms with E-state index in [1.54, 1.807) is 0 Å². The number of fused-ring (bicyclic) bond motifs is 2. The minimum absolute atomic E-state index is 0.0358. The average molecular weight is 354 g/mol. The first-order valence-corrected chi connectivity index (χ1v) is 9.97. The molecule has 0 heterocycles. The average Bonchev–Trinajstić information content (AvgIpc) is 2.97. The van der Waals surface area contributed by atoms with Gasteiger partial charge < -0.3 is 25.5 Å². The summed E-state index contributed by atoms with van der Waals surface area (Å²) in [4.78, 5) is 0. The van der Waals surface area contributed by atoms with Crippen LogP contribution in [0, 0.1) is 34.0 Å². The molecule has 2 bridgehead atoms. The van der Waals surface area contributed by atoms with Crippen molar-refractivity contribution in [2.75, 3.05) is 13.2 Å². The van der Waals surface area contributed by atoms with Gasteiger partial charge in [0.2, 0.25) is 0 Å². The lowest BCUT2D eigenvalue weighted by Crippen LogP contribution is -2.65. The molecule has 0 aromatic rings. The molecule has 4 saturated carbocycles. The van der Waals surface area contributed by atoms with Gasteiger partial charge in [-0.2, -0.15) is 0 Å². The van der Waals surface area contributed by atoms with Crippen molar-refractivity contribution in [2.24, 2.45) is 34.0 Å². The molecule has 0 aromatic heterocycles. The van der Waals surface area contributed by atoms with Crippen molar-refractivity contribution in [3.05, 3.63) is 0 Å². The number of hydrogen-bond acceptors (Lipinski definition) is 5. The van der Waals surface area contributed by atoms with Gasteiger partial charge >= 0.3 is 0 Å². The third-order valence-corrected chi connectivity index (χ3v) is 9.58. The Labute approximate surface area is 150 Å². The van der Waals surface area contributed by atoms with Crippen LogP contribution in [0.4, 0.5) is 0 Å². The van der Waals surface area contributed by atoms with Crippen LogP contribution in [0.1, 0.15) is 58.8 Å². The van der Waals surface area contributed by atoms with Crippen molar-refractivity contribution < 1.29 is 25.5 Å². The number of rotatable bonds is 2. The predicted molar refractivity (Wildman–Crippen MR) is 92.6 cm³/mol. The number of hydrogen-bond donors (Lipinski definition) is 5. The molecule has 0 amide bonds. The summed E-state index contributed by atoms with van der Waals surface area (Å²) < 4.78 is 0. The van der Waals surface area contributed by atoms with Gasteiger partial charge in [0.1, 0.15) is 0 Å². The Kier molecular flexibility index (Phi) is 3.94. The first-order valence-electron chi connectivity index (χ1n) is 9.97. The van der Waals surface area contributed by atoms with E-state index in [0.29, 0.717) is 19.3 Å². The van der Waals surface area contributed by atoms with E-state index in [0.717, 1.165) is 25.7 Å². The second-order valence-electron chi connectivity index (χ2n) is 10.2. The lowest BCUT2D eigenvalue weighted by molar-refractivity contribution is -0.237. The van der Waals surface area contributed by atoms with Gasteiger partial charge in [0.25, 0.3) is 0 Å². The fourth-order valence-corrected chi connectivity index (χ4v) is 7.87. The summed E-state index contributed by atoms with van der Waals surface area (Å²) in [5.41, 5.74) is -1.71. The van der Waals surface area contributed by atoms with Gasteiger partial charge in [-0.1, -0.05) is 13.8 Å². The maximum absolute atomic E-state index is 11.0. The van der Waals surface area contributed by atoms with Crippen LogP contribution in [0.3, 0.4) is 0 Å². The predicted octanol–water partition coefficient (Wildman–Crippen LogP) is 1.06. The molecule has 9 atom stereocenters. The zero-order valence-corrected chi connectivity index (χ0v) is 15.5. The molecule has 5 nitrogen and oxygen atoms in total. The second-order valence-corrected chi connectivity index (χ2v) is 10.2. The fourth-order valence-electron chi connectivity index (χ4n) is 7.87. The molecule has 4 aliphatic carbocycles. The maximum atomic E-state index is 11.0. The number of aliphatic hydroxyl groups excluding tert-OH is 4. The lowest BCUT2D eigenvalue weighted by Gasteiger charge is -2.67. The van der Waals surface area contributed by atoms with Crippen LogP contribution in [-0.4, -0.2) is 56.6 Å². The van der Waals surface area contributed by atoms with Crippen LogP contribution in [0.15, 0.2) is 0 Å². The van der Waals surface area contributed by atoms with Crippen molar-refractivity contribution in [1.29, 1.82) is 0 Å². The number of aliphatic hydroxyl groups is 5. The third-order valence-electron chi connectivity index (χ3n) is 9.58. The van der Waals surface area contributed by atoms with Crippen molar-refractivity contribution >= 4 is 0 Å². The van der Waals surface area contributed by atoms with Crippen LogP contribution in [0.25, 0.3) is 0 Å². The highest BCUT2D eigenvalue weighted by atomic mass is 16.3. The summed E-state index contributed by atoms with van der Waals surface area (Å²) in [5.74, 6) is 0.255. The maximum Gasteiger partial charge on any atom is 0.0905 e. The molecule has 0 radical (unpaired) electrons. The van der Waals surface area contributed by atoms with E-state index in [9.17, 15) is 25.5 Å². The molecule has 0 aromatic carbocycles. The molecule has 5 heteroatoms. The molecule has 5 N–H and O–H groups in total. The highest BCUT2D eigenvalue weighted by molar-refractivity contribution is 5.21. The van der Waals surface area contributed by atoms with Crippen molar-refractivity contribution in [2.45, 2.75) is 76.6 Å². The lowest BCUT2D eigenvalue weighted by atomic mass is 9.38. The zero-order chi connectivity index (χ0) is 18.3. The standard InChI is InChI=1S/C20H34O5/c1-17(10-21)15-8-14(23)13-7-12-9-19(13,5-6-20(12,25)11-22)18(15,2)4-3-16(17)24/h12-16,21-25H,3-11H2,1-2H3/t12-,13-,14+,15+,16-,17+,18+,19+,20+/m1/s1.